The van der Waals surface area contributed by atoms with Gasteiger partial charge in [0.15, 0.2) is 0 Å². The van der Waals surface area contributed by atoms with Gasteiger partial charge in [0.1, 0.15) is 5.75 Å². The number of amides is 2. The van der Waals surface area contributed by atoms with E-state index in [1.165, 1.54) is 11.8 Å². The summed E-state index contributed by atoms with van der Waals surface area (Å²) in [6.07, 6.45) is 3.44. The minimum atomic E-state index is -0.846. The Morgan fingerprint density at radius 3 is 2.21 bits per heavy atom. The summed E-state index contributed by atoms with van der Waals surface area (Å²) in [6, 6.07) is 14.9. The van der Waals surface area contributed by atoms with Gasteiger partial charge in [-0.15, -0.1) is 0 Å². The van der Waals surface area contributed by atoms with E-state index in [1.807, 2.05) is 25.1 Å². The molecular formula is C22H25N3O3. The van der Waals surface area contributed by atoms with E-state index >= 15 is 0 Å². The molecule has 146 valence electrons. The third-order valence-electron chi connectivity index (χ3n) is 3.99. The molecule has 2 aromatic rings. The Morgan fingerprint density at radius 2 is 1.64 bits per heavy atom. The molecule has 0 aliphatic carbocycles. The molecule has 2 aromatic carbocycles. The molecule has 0 aromatic heterocycles. The molecule has 0 unspecified atom stereocenters. The highest BCUT2D eigenvalue weighted by atomic mass is 16.5. The van der Waals surface area contributed by atoms with Crippen LogP contribution in [0, 0.1) is 0 Å². The van der Waals surface area contributed by atoms with Crippen LogP contribution in [0.25, 0.3) is 6.08 Å². The van der Waals surface area contributed by atoms with Crippen LogP contribution in [0.1, 0.15) is 37.8 Å². The Bertz CT molecular complexity index is 867. The summed E-state index contributed by atoms with van der Waals surface area (Å²) in [5, 5.41) is 6.32. The molecule has 0 fully saturated rings. The smallest absolute Gasteiger partial charge is 0.329 e. The van der Waals surface area contributed by atoms with Crippen molar-refractivity contribution < 1.29 is 14.3 Å². The van der Waals surface area contributed by atoms with Crippen molar-refractivity contribution in [2.24, 2.45) is 5.10 Å². The van der Waals surface area contributed by atoms with E-state index in [9.17, 15) is 9.59 Å². The summed E-state index contributed by atoms with van der Waals surface area (Å²) in [4.78, 5) is 23.7. The van der Waals surface area contributed by atoms with Crippen LogP contribution in [0.3, 0.4) is 0 Å². The van der Waals surface area contributed by atoms with Gasteiger partial charge < -0.3 is 10.1 Å². The van der Waals surface area contributed by atoms with E-state index in [1.54, 1.807) is 31.4 Å². The number of rotatable bonds is 6. The van der Waals surface area contributed by atoms with Crippen molar-refractivity contribution in [1.82, 2.24) is 5.43 Å². The molecule has 2 amide bonds. The average molecular weight is 379 g/mol. The molecular weight excluding hydrogens is 354 g/mol. The molecule has 0 aliphatic heterocycles. The number of benzene rings is 2. The van der Waals surface area contributed by atoms with Crippen molar-refractivity contribution in [1.29, 1.82) is 0 Å². The first-order valence-electron chi connectivity index (χ1n) is 8.95. The molecule has 6 heteroatoms. The fourth-order valence-electron chi connectivity index (χ4n) is 2.38. The molecule has 0 spiro atoms. The zero-order valence-electron chi connectivity index (χ0n) is 16.5. The maximum absolute atomic E-state index is 11.9. The lowest BCUT2D eigenvalue weighted by Crippen LogP contribution is -2.32. The Labute approximate surface area is 165 Å². The molecule has 28 heavy (non-hydrogen) atoms. The standard InChI is InChI=1S/C22H25N3O3/c1-15(2)18-7-5-17(6-8-18)13-16(3)14-23-25-22(27)21(26)24-19-9-11-20(28-4)12-10-19/h5-15H,1-4H3,(H,24,26)(H,25,27)/b16-13+,23-14-. The Balaban J connectivity index is 1.87. The number of anilines is 1. The fourth-order valence-corrected chi connectivity index (χ4v) is 2.38. The minimum absolute atomic E-state index is 0.486. The first kappa shape index (κ1) is 20.9. The second-order valence-electron chi connectivity index (χ2n) is 6.59. The third kappa shape index (κ3) is 6.39. The highest BCUT2D eigenvalue weighted by Crippen LogP contribution is 2.16. The molecule has 2 N–H and O–H groups in total. The van der Waals surface area contributed by atoms with Crippen LogP contribution in [-0.4, -0.2) is 25.1 Å². The molecule has 0 atom stereocenters. The number of nitrogens with one attached hydrogen (secondary N) is 2. The molecule has 0 radical (unpaired) electrons. The number of hydrazone groups is 1. The molecule has 0 bridgehead atoms. The molecule has 0 saturated carbocycles. The first-order chi connectivity index (χ1) is 13.4. The van der Waals surface area contributed by atoms with Gasteiger partial charge in [-0.05, 0) is 53.8 Å². The van der Waals surface area contributed by atoms with Crippen LogP contribution >= 0.6 is 0 Å². The lowest BCUT2D eigenvalue weighted by molar-refractivity contribution is -0.136. The van der Waals surface area contributed by atoms with E-state index in [0.717, 1.165) is 11.1 Å². The van der Waals surface area contributed by atoms with E-state index in [0.29, 0.717) is 17.4 Å². The van der Waals surface area contributed by atoms with E-state index in [2.05, 4.69) is 41.8 Å². The average Bonchev–Trinajstić information content (AvgIpc) is 2.68. The maximum atomic E-state index is 11.9. The molecule has 6 nitrogen and oxygen atoms in total. The number of hydrogen-bond donors (Lipinski definition) is 2. The third-order valence-corrected chi connectivity index (χ3v) is 3.99. The predicted molar refractivity (Wildman–Crippen MR) is 112 cm³/mol. The number of carbonyl (C=O) groups is 2. The van der Waals surface area contributed by atoms with Gasteiger partial charge in [-0.1, -0.05) is 44.2 Å². The number of hydrogen-bond acceptors (Lipinski definition) is 4. The van der Waals surface area contributed by atoms with Crippen molar-refractivity contribution in [2.75, 3.05) is 12.4 Å². The molecule has 0 aliphatic rings. The second-order valence-corrected chi connectivity index (χ2v) is 6.59. The number of carbonyl (C=O) groups excluding carboxylic acids is 2. The summed E-state index contributed by atoms with van der Waals surface area (Å²) in [7, 11) is 1.55. The number of allylic oxidation sites excluding steroid dienone is 1. The highest BCUT2D eigenvalue weighted by Gasteiger charge is 2.12. The minimum Gasteiger partial charge on any atom is -0.497 e. The van der Waals surface area contributed by atoms with E-state index in [-0.39, 0.29) is 0 Å². The summed E-state index contributed by atoms with van der Waals surface area (Å²) >= 11 is 0. The predicted octanol–water partition coefficient (Wildman–Crippen LogP) is 3.96. The van der Waals surface area contributed by atoms with Gasteiger partial charge >= 0.3 is 11.8 Å². The van der Waals surface area contributed by atoms with E-state index in [4.69, 9.17) is 4.74 Å². The summed E-state index contributed by atoms with van der Waals surface area (Å²) in [6.45, 7) is 6.16. The first-order valence-corrected chi connectivity index (χ1v) is 8.95. The van der Waals surface area contributed by atoms with Gasteiger partial charge in [0.25, 0.3) is 0 Å². The van der Waals surface area contributed by atoms with Crippen LogP contribution in [0.4, 0.5) is 5.69 Å². The SMILES string of the molecule is COc1ccc(NC(=O)C(=O)N/N=C\C(C)=C\c2ccc(C(C)C)cc2)cc1. The quantitative estimate of drug-likeness (QED) is 0.453. The van der Waals surface area contributed by atoms with Crippen molar-refractivity contribution in [3.8, 4) is 5.75 Å². The van der Waals surface area contributed by atoms with E-state index < -0.39 is 11.8 Å². The fraction of sp³-hybridized carbons (Fsp3) is 0.227. The van der Waals surface area contributed by atoms with Crippen molar-refractivity contribution in [3.05, 3.63) is 65.2 Å². The monoisotopic (exact) mass is 379 g/mol. The van der Waals surface area contributed by atoms with Crippen molar-refractivity contribution >= 4 is 29.8 Å². The zero-order chi connectivity index (χ0) is 20.5. The second kappa shape index (κ2) is 10.1. The van der Waals surface area contributed by atoms with Crippen molar-refractivity contribution in [2.45, 2.75) is 26.7 Å². The van der Waals surface area contributed by atoms with Crippen molar-refractivity contribution in [3.63, 3.8) is 0 Å². The van der Waals surface area contributed by atoms with Gasteiger partial charge in [0.05, 0.1) is 13.3 Å². The van der Waals surface area contributed by atoms with Gasteiger partial charge in [0, 0.05) is 5.69 Å². The van der Waals surface area contributed by atoms with Crippen LogP contribution in [0.5, 0.6) is 5.75 Å². The molecule has 0 saturated heterocycles. The van der Waals surface area contributed by atoms with Gasteiger partial charge in [0.2, 0.25) is 0 Å². The highest BCUT2D eigenvalue weighted by molar-refractivity contribution is 6.39. The Kier molecular flexibility index (Phi) is 7.51. The number of ether oxygens (including phenoxy) is 1. The molecule has 2 rings (SSSR count). The number of methoxy groups -OCH3 is 1. The van der Waals surface area contributed by atoms with Crippen LogP contribution in [0.15, 0.2) is 59.2 Å². The van der Waals surface area contributed by atoms with Crippen LogP contribution in [0.2, 0.25) is 0 Å². The topological polar surface area (TPSA) is 79.8 Å². The van der Waals surface area contributed by atoms with Crippen LogP contribution in [-0.2, 0) is 9.59 Å². The summed E-state index contributed by atoms with van der Waals surface area (Å²) in [5.74, 6) is -0.498. The molecule has 0 heterocycles. The van der Waals surface area contributed by atoms with Gasteiger partial charge in [-0.3, -0.25) is 9.59 Å². The van der Waals surface area contributed by atoms with Gasteiger partial charge in [-0.25, -0.2) is 5.43 Å². The Morgan fingerprint density at radius 1 is 1.00 bits per heavy atom. The van der Waals surface area contributed by atoms with Crippen LogP contribution < -0.4 is 15.5 Å². The Hall–Kier alpha value is -3.41. The zero-order valence-corrected chi connectivity index (χ0v) is 16.5. The largest absolute Gasteiger partial charge is 0.497 e. The normalized spacial score (nSPS) is 11.5. The number of nitrogens with zero attached hydrogens (tertiary/aromatic N) is 1. The lowest BCUT2D eigenvalue weighted by Gasteiger charge is -2.05. The maximum Gasteiger partial charge on any atom is 0.329 e. The summed E-state index contributed by atoms with van der Waals surface area (Å²) < 4.78 is 5.04. The summed E-state index contributed by atoms with van der Waals surface area (Å²) in [5.41, 5.74) is 5.87. The lowest BCUT2D eigenvalue weighted by atomic mass is 10.0. The van der Waals surface area contributed by atoms with Gasteiger partial charge in [-0.2, -0.15) is 5.10 Å².